The van der Waals surface area contributed by atoms with Crippen LogP contribution in [0.25, 0.3) is 15.9 Å². The van der Waals surface area contributed by atoms with Gasteiger partial charge in [-0.25, -0.2) is 9.67 Å². The third-order valence-electron chi connectivity index (χ3n) is 5.28. The molecule has 9 nitrogen and oxygen atoms in total. The number of methoxy groups -OCH3 is 1. The van der Waals surface area contributed by atoms with E-state index in [1.807, 2.05) is 41.3 Å². The minimum Gasteiger partial charge on any atom is -0.497 e. The Kier molecular flexibility index (Phi) is 5.21. The summed E-state index contributed by atoms with van der Waals surface area (Å²) in [6.07, 6.45) is 3.07. The third kappa shape index (κ3) is 4.06. The zero-order chi connectivity index (χ0) is 21.2. The summed E-state index contributed by atoms with van der Waals surface area (Å²) in [6.45, 7) is 1.27. The number of thiazole rings is 1. The highest BCUT2D eigenvalue weighted by Gasteiger charge is 2.25. The number of rotatable bonds is 5. The van der Waals surface area contributed by atoms with Gasteiger partial charge in [0, 0.05) is 37.6 Å². The number of benzene rings is 2. The molecule has 0 spiro atoms. The average Bonchev–Trinajstić information content (AvgIpc) is 3.48. The fourth-order valence-electron chi connectivity index (χ4n) is 3.63. The Bertz CT molecular complexity index is 1200. The van der Waals surface area contributed by atoms with Gasteiger partial charge in [-0.05, 0) is 40.8 Å². The van der Waals surface area contributed by atoms with E-state index in [1.54, 1.807) is 13.2 Å². The lowest BCUT2D eigenvalue weighted by atomic mass is 10.1. The molecule has 0 aliphatic carbocycles. The molecule has 31 heavy (non-hydrogen) atoms. The number of likely N-dealkylation sites (tertiary alicyclic amines) is 1. The van der Waals surface area contributed by atoms with Crippen molar-refractivity contribution in [3.8, 4) is 16.6 Å². The summed E-state index contributed by atoms with van der Waals surface area (Å²) in [5.41, 5.74) is 2.24. The molecule has 0 radical (unpaired) electrons. The van der Waals surface area contributed by atoms with E-state index >= 15 is 0 Å². The van der Waals surface area contributed by atoms with Gasteiger partial charge in [0.2, 0.25) is 0 Å². The molecule has 3 heterocycles. The lowest BCUT2D eigenvalue weighted by Gasteiger charge is -2.31. The van der Waals surface area contributed by atoms with Gasteiger partial charge in [0.25, 0.3) is 11.1 Å². The summed E-state index contributed by atoms with van der Waals surface area (Å²) in [7, 11) is 1.64. The Balaban J connectivity index is 1.21. The van der Waals surface area contributed by atoms with Crippen LogP contribution in [-0.2, 0) is 0 Å². The molecule has 1 saturated heterocycles. The summed E-state index contributed by atoms with van der Waals surface area (Å²) in [4.78, 5) is 19.4. The molecule has 0 bridgehead atoms. The first-order valence-electron chi connectivity index (χ1n) is 9.93. The van der Waals surface area contributed by atoms with Crippen molar-refractivity contribution in [2.24, 2.45) is 0 Å². The highest BCUT2D eigenvalue weighted by molar-refractivity contribution is 7.20. The van der Waals surface area contributed by atoms with Crippen molar-refractivity contribution in [2.75, 3.05) is 20.2 Å². The van der Waals surface area contributed by atoms with Crippen molar-refractivity contribution in [3.63, 3.8) is 0 Å². The fourth-order valence-corrected chi connectivity index (χ4v) is 4.49. The van der Waals surface area contributed by atoms with E-state index in [-0.39, 0.29) is 12.0 Å². The molecule has 1 fully saturated rings. The number of carbonyl (C=O) groups is 1. The molecule has 1 aliphatic rings. The maximum Gasteiger partial charge on any atom is 0.274 e. The van der Waals surface area contributed by atoms with Gasteiger partial charge in [-0.3, -0.25) is 4.79 Å². The Morgan fingerprint density at radius 1 is 1.16 bits per heavy atom. The molecule has 2 aromatic carbocycles. The number of nitrogens with zero attached hydrogens (tertiary/aromatic N) is 6. The van der Waals surface area contributed by atoms with E-state index in [4.69, 9.17) is 9.47 Å². The smallest absolute Gasteiger partial charge is 0.274 e. The van der Waals surface area contributed by atoms with Crippen molar-refractivity contribution < 1.29 is 14.3 Å². The molecule has 2 aromatic heterocycles. The molecule has 0 atom stereocenters. The molecule has 158 valence electrons. The van der Waals surface area contributed by atoms with E-state index < -0.39 is 0 Å². The van der Waals surface area contributed by atoms with E-state index in [9.17, 15) is 4.79 Å². The molecule has 10 heteroatoms. The molecule has 5 rings (SSSR count). The Labute approximate surface area is 182 Å². The molecule has 4 aromatic rings. The largest absolute Gasteiger partial charge is 0.497 e. The number of ether oxygens (including phenoxy) is 2. The van der Waals surface area contributed by atoms with Crippen LogP contribution in [0.4, 0.5) is 0 Å². The van der Waals surface area contributed by atoms with Crippen LogP contribution in [-0.4, -0.2) is 62.3 Å². The van der Waals surface area contributed by atoms with Gasteiger partial charge in [0.1, 0.15) is 18.2 Å². The standard InChI is InChI=1S/C21H20N6O3S/c1-29-17-5-6-19-18(12-17)23-21(31-19)30-16-7-9-26(10-8-16)20(28)14-3-2-4-15(11-14)27-13-22-24-25-27/h2-6,11-13,16H,7-10H2,1H3. The summed E-state index contributed by atoms with van der Waals surface area (Å²) in [5, 5.41) is 11.8. The fraction of sp³-hybridized carbons (Fsp3) is 0.286. The molecule has 1 amide bonds. The second-order valence-corrected chi connectivity index (χ2v) is 8.22. The number of piperidine rings is 1. The maximum atomic E-state index is 13.0. The van der Waals surface area contributed by atoms with Crippen LogP contribution in [0.1, 0.15) is 23.2 Å². The van der Waals surface area contributed by atoms with Crippen LogP contribution >= 0.6 is 11.3 Å². The number of fused-ring (bicyclic) bond motifs is 1. The average molecular weight is 436 g/mol. The topological polar surface area (TPSA) is 95.3 Å². The van der Waals surface area contributed by atoms with Crippen LogP contribution in [0.15, 0.2) is 48.8 Å². The Morgan fingerprint density at radius 3 is 2.81 bits per heavy atom. The first-order valence-corrected chi connectivity index (χ1v) is 10.8. The summed E-state index contributed by atoms with van der Waals surface area (Å²) >= 11 is 1.53. The Morgan fingerprint density at radius 2 is 2.03 bits per heavy atom. The molecule has 0 unspecified atom stereocenters. The number of carbonyl (C=O) groups excluding carboxylic acids is 1. The minimum absolute atomic E-state index is 0.000423. The quantitative estimate of drug-likeness (QED) is 0.475. The van der Waals surface area contributed by atoms with Crippen LogP contribution < -0.4 is 9.47 Å². The van der Waals surface area contributed by atoms with Gasteiger partial charge in [-0.15, -0.1) is 5.10 Å². The first kappa shape index (κ1) is 19.4. The van der Waals surface area contributed by atoms with Crippen LogP contribution in [0.3, 0.4) is 0 Å². The second-order valence-electron chi connectivity index (χ2n) is 7.23. The van der Waals surface area contributed by atoms with Gasteiger partial charge < -0.3 is 14.4 Å². The minimum atomic E-state index is 0.000423. The second kappa shape index (κ2) is 8.31. The molecular formula is C21H20N6O3S. The Hall–Kier alpha value is -3.53. The van der Waals surface area contributed by atoms with E-state index in [2.05, 4.69) is 20.5 Å². The van der Waals surface area contributed by atoms with Crippen LogP contribution in [0, 0.1) is 0 Å². The maximum absolute atomic E-state index is 13.0. The van der Waals surface area contributed by atoms with Crippen molar-refractivity contribution in [1.82, 2.24) is 30.1 Å². The number of hydrogen-bond donors (Lipinski definition) is 0. The predicted octanol–water partition coefficient (Wildman–Crippen LogP) is 2.96. The number of amides is 1. The highest BCUT2D eigenvalue weighted by atomic mass is 32.1. The number of aromatic nitrogens is 5. The van der Waals surface area contributed by atoms with Crippen molar-refractivity contribution in [2.45, 2.75) is 18.9 Å². The van der Waals surface area contributed by atoms with Crippen molar-refractivity contribution in [3.05, 3.63) is 54.4 Å². The number of hydrogen-bond acceptors (Lipinski definition) is 8. The summed E-state index contributed by atoms with van der Waals surface area (Å²) in [5.74, 6) is 0.778. The molecule has 0 saturated carbocycles. The normalized spacial score (nSPS) is 14.7. The van der Waals surface area contributed by atoms with Gasteiger partial charge in [-0.2, -0.15) is 0 Å². The first-order chi connectivity index (χ1) is 15.2. The zero-order valence-corrected chi connectivity index (χ0v) is 17.7. The number of tetrazole rings is 1. The molecule has 1 aliphatic heterocycles. The SMILES string of the molecule is COc1ccc2sc(OC3CCN(C(=O)c4cccc(-n5cnnn5)c4)CC3)nc2c1. The van der Waals surface area contributed by atoms with Crippen LogP contribution in [0.2, 0.25) is 0 Å². The van der Waals surface area contributed by atoms with E-state index in [0.29, 0.717) is 23.8 Å². The monoisotopic (exact) mass is 436 g/mol. The van der Waals surface area contributed by atoms with E-state index in [0.717, 1.165) is 34.5 Å². The van der Waals surface area contributed by atoms with Crippen LogP contribution in [0.5, 0.6) is 10.9 Å². The molecule has 0 N–H and O–H groups in total. The summed E-state index contributed by atoms with van der Waals surface area (Å²) < 4.78 is 14.0. The molecular weight excluding hydrogens is 416 g/mol. The highest BCUT2D eigenvalue weighted by Crippen LogP contribution is 2.32. The lowest BCUT2D eigenvalue weighted by molar-refractivity contribution is 0.0595. The van der Waals surface area contributed by atoms with Gasteiger partial charge in [0.05, 0.1) is 23.0 Å². The zero-order valence-electron chi connectivity index (χ0n) is 16.8. The third-order valence-corrected chi connectivity index (χ3v) is 6.21. The predicted molar refractivity (Wildman–Crippen MR) is 115 cm³/mol. The van der Waals surface area contributed by atoms with Crippen molar-refractivity contribution >= 4 is 27.5 Å². The van der Waals surface area contributed by atoms with Gasteiger partial charge in [-0.1, -0.05) is 17.4 Å². The van der Waals surface area contributed by atoms with Gasteiger partial charge >= 0.3 is 0 Å². The van der Waals surface area contributed by atoms with Gasteiger partial charge in [0.15, 0.2) is 0 Å². The van der Waals surface area contributed by atoms with E-state index in [1.165, 1.54) is 22.3 Å². The van der Waals surface area contributed by atoms with Crippen molar-refractivity contribution in [1.29, 1.82) is 0 Å². The lowest BCUT2D eigenvalue weighted by Crippen LogP contribution is -2.41. The summed E-state index contributed by atoms with van der Waals surface area (Å²) in [6, 6.07) is 13.1.